The number of pyridine rings is 1. The first-order chi connectivity index (χ1) is 12.2. The van der Waals surface area contributed by atoms with Gasteiger partial charge >= 0.3 is 5.92 Å². The third kappa shape index (κ3) is 3.32. The van der Waals surface area contributed by atoms with Crippen LogP contribution < -0.4 is 0 Å². The van der Waals surface area contributed by atoms with Crippen molar-refractivity contribution in [3.8, 4) is 0 Å². The van der Waals surface area contributed by atoms with Gasteiger partial charge in [-0.25, -0.2) is 13.8 Å². The maximum Gasteiger partial charge on any atom is 0.322 e. The van der Waals surface area contributed by atoms with Gasteiger partial charge in [-0.1, -0.05) is 23.7 Å². The second kappa shape index (κ2) is 6.94. The second-order valence-electron chi connectivity index (χ2n) is 5.53. The van der Waals surface area contributed by atoms with E-state index in [2.05, 4.69) is 9.97 Å². The standard InChI is InChI=1S/C17H11ClF4N2OS/c18-15-24-9-11(26-15)8-16(25,12-5-4-10(19)7-13(12)20)17(21,22)14-3-1-2-6-23-14/h1-7,9,25H,8H2. The number of benzene rings is 1. The van der Waals surface area contributed by atoms with Crippen molar-refractivity contribution in [2.45, 2.75) is 17.9 Å². The summed E-state index contributed by atoms with van der Waals surface area (Å²) in [5.41, 5.74) is -4.53. The summed E-state index contributed by atoms with van der Waals surface area (Å²) in [6, 6.07) is 5.81. The highest BCUT2D eigenvalue weighted by atomic mass is 35.5. The fourth-order valence-electron chi connectivity index (χ4n) is 2.58. The molecular formula is C17H11ClF4N2OS. The Balaban J connectivity index is 2.18. The van der Waals surface area contributed by atoms with E-state index in [0.29, 0.717) is 6.07 Å². The van der Waals surface area contributed by atoms with Gasteiger partial charge in [-0.05, 0) is 18.2 Å². The summed E-state index contributed by atoms with van der Waals surface area (Å²) in [6.07, 6.45) is 1.66. The van der Waals surface area contributed by atoms with Crippen molar-refractivity contribution in [2.24, 2.45) is 0 Å². The lowest BCUT2D eigenvalue weighted by atomic mass is 9.81. The van der Waals surface area contributed by atoms with Gasteiger partial charge in [0.2, 0.25) is 0 Å². The molecule has 3 rings (SSSR count). The van der Waals surface area contributed by atoms with E-state index in [0.717, 1.165) is 35.7 Å². The fourth-order valence-corrected chi connectivity index (χ4v) is 3.63. The monoisotopic (exact) mass is 402 g/mol. The molecule has 1 unspecified atom stereocenters. The van der Waals surface area contributed by atoms with E-state index >= 15 is 8.78 Å². The maximum absolute atomic E-state index is 15.2. The minimum atomic E-state index is -3.98. The van der Waals surface area contributed by atoms with Crippen LogP contribution in [0, 0.1) is 11.6 Å². The first-order valence-electron chi connectivity index (χ1n) is 7.31. The van der Waals surface area contributed by atoms with Crippen LogP contribution in [0.2, 0.25) is 4.47 Å². The van der Waals surface area contributed by atoms with Crippen molar-refractivity contribution in [3.05, 3.63) is 81.0 Å². The van der Waals surface area contributed by atoms with Crippen LogP contribution >= 0.6 is 22.9 Å². The van der Waals surface area contributed by atoms with Crippen LogP contribution in [0.1, 0.15) is 16.1 Å². The number of aliphatic hydroxyl groups is 1. The van der Waals surface area contributed by atoms with Crippen molar-refractivity contribution >= 4 is 22.9 Å². The number of aromatic nitrogens is 2. The van der Waals surface area contributed by atoms with Crippen molar-refractivity contribution in [1.82, 2.24) is 9.97 Å². The lowest BCUT2D eigenvalue weighted by Gasteiger charge is -2.35. The molecule has 0 amide bonds. The third-order valence-corrected chi connectivity index (χ3v) is 4.95. The molecule has 0 spiro atoms. The second-order valence-corrected chi connectivity index (χ2v) is 7.23. The van der Waals surface area contributed by atoms with Crippen molar-refractivity contribution in [3.63, 3.8) is 0 Å². The van der Waals surface area contributed by atoms with Gasteiger partial charge in [0.25, 0.3) is 0 Å². The summed E-state index contributed by atoms with van der Waals surface area (Å²) in [5, 5.41) is 11.0. The highest BCUT2D eigenvalue weighted by Crippen LogP contribution is 2.48. The third-order valence-electron chi connectivity index (χ3n) is 3.84. The van der Waals surface area contributed by atoms with Gasteiger partial charge in [0.05, 0.1) is 0 Å². The van der Waals surface area contributed by atoms with Gasteiger partial charge in [-0.15, -0.1) is 11.3 Å². The average molecular weight is 403 g/mol. The smallest absolute Gasteiger partial charge is 0.322 e. The van der Waals surface area contributed by atoms with Gasteiger partial charge < -0.3 is 5.11 Å². The van der Waals surface area contributed by atoms with Crippen LogP contribution in [-0.2, 0) is 17.9 Å². The molecule has 3 aromatic rings. The van der Waals surface area contributed by atoms with E-state index in [9.17, 15) is 13.9 Å². The van der Waals surface area contributed by atoms with E-state index in [1.54, 1.807) is 0 Å². The molecule has 1 atom stereocenters. The number of rotatable bonds is 5. The van der Waals surface area contributed by atoms with Crippen LogP contribution in [0.4, 0.5) is 17.6 Å². The minimum absolute atomic E-state index is 0.0862. The van der Waals surface area contributed by atoms with E-state index < -0.39 is 40.8 Å². The van der Waals surface area contributed by atoms with Crippen molar-refractivity contribution in [2.75, 3.05) is 0 Å². The molecule has 0 saturated heterocycles. The number of nitrogens with zero attached hydrogens (tertiary/aromatic N) is 2. The molecule has 0 aliphatic rings. The van der Waals surface area contributed by atoms with E-state index in [4.69, 9.17) is 11.6 Å². The predicted molar refractivity (Wildman–Crippen MR) is 89.2 cm³/mol. The maximum atomic E-state index is 15.2. The summed E-state index contributed by atoms with van der Waals surface area (Å²) >= 11 is 6.59. The Bertz CT molecular complexity index is 922. The molecule has 0 radical (unpaired) electrons. The predicted octanol–water partition coefficient (Wildman–Crippen LogP) is 4.69. The molecule has 2 aromatic heterocycles. The van der Waals surface area contributed by atoms with E-state index in [1.807, 2.05) is 0 Å². The molecule has 136 valence electrons. The first-order valence-corrected chi connectivity index (χ1v) is 8.51. The molecule has 1 aromatic carbocycles. The van der Waals surface area contributed by atoms with Gasteiger partial charge in [-0.2, -0.15) is 8.78 Å². The SMILES string of the molecule is OC(Cc1cnc(Cl)s1)(c1ccc(F)cc1F)C(F)(F)c1ccccn1. The van der Waals surface area contributed by atoms with Crippen LogP contribution in [0.5, 0.6) is 0 Å². The van der Waals surface area contributed by atoms with Crippen LogP contribution in [0.3, 0.4) is 0 Å². The molecule has 0 saturated carbocycles. The quantitative estimate of drug-likeness (QED) is 0.630. The van der Waals surface area contributed by atoms with Crippen molar-refractivity contribution < 1.29 is 22.7 Å². The molecule has 0 aliphatic heterocycles. The Kier molecular flexibility index (Phi) is 5.01. The number of hydrogen-bond acceptors (Lipinski definition) is 4. The lowest BCUT2D eigenvalue weighted by molar-refractivity contribution is -0.198. The zero-order chi connectivity index (χ0) is 18.9. The number of alkyl halides is 2. The molecule has 0 aliphatic carbocycles. The number of halogens is 5. The molecule has 0 fully saturated rings. The summed E-state index contributed by atoms with van der Waals surface area (Å²) in [5.74, 6) is -6.22. The van der Waals surface area contributed by atoms with Crippen molar-refractivity contribution in [1.29, 1.82) is 0 Å². The normalized spacial score (nSPS) is 14.2. The Morgan fingerprint density at radius 3 is 2.46 bits per heavy atom. The Morgan fingerprint density at radius 2 is 1.88 bits per heavy atom. The Hall–Kier alpha value is -2.03. The van der Waals surface area contributed by atoms with E-state index in [-0.39, 0.29) is 9.34 Å². The summed E-state index contributed by atoms with van der Waals surface area (Å²) < 4.78 is 58.1. The fraction of sp³-hybridized carbons (Fsp3) is 0.176. The highest BCUT2D eigenvalue weighted by Gasteiger charge is 2.57. The average Bonchev–Trinajstić information content (AvgIpc) is 3.00. The summed E-state index contributed by atoms with van der Waals surface area (Å²) in [7, 11) is 0. The molecule has 9 heteroatoms. The zero-order valence-corrected chi connectivity index (χ0v) is 14.5. The largest absolute Gasteiger partial charge is 0.378 e. The van der Waals surface area contributed by atoms with Crippen LogP contribution in [-0.4, -0.2) is 15.1 Å². The molecular weight excluding hydrogens is 392 g/mol. The Morgan fingerprint density at radius 1 is 1.12 bits per heavy atom. The highest BCUT2D eigenvalue weighted by molar-refractivity contribution is 7.15. The molecule has 26 heavy (non-hydrogen) atoms. The van der Waals surface area contributed by atoms with Gasteiger partial charge in [0, 0.05) is 35.3 Å². The lowest BCUT2D eigenvalue weighted by Crippen LogP contribution is -2.46. The summed E-state index contributed by atoms with van der Waals surface area (Å²) in [6.45, 7) is 0. The van der Waals surface area contributed by atoms with Gasteiger partial charge in [0.15, 0.2) is 10.1 Å². The van der Waals surface area contributed by atoms with E-state index in [1.165, 1.54) is 18.3 Å². The number of thiazole rings is 1. The first kappa shape index (κ1) is 18.8. The number of hydrogen-bond donors (Lipinski definition) is 1. The summed E-state index contributed by atoms with van der Waals surface area (Å²) in [4.78, 5) is 7.54. The molecule has 1 N–H and O–H groups in total. The molecule has 2 heterocycles. The minimum Gasteiger partial charge on any atom is -0.378 e. The van der Waals surface area contributed by atoms with Crippen LogP contribution in [0.25, 0.3) is 0 Å². The molecule has 3 nitrogen and oxygen atoms in total. The van der Waals surface area contributed by atoms with Gasteiger partial charge in [0.1, 0.15) is 17.3 Å². The Labute approximate surface area is 154 Å². The molecule has 0 bridgehead atoms. The zero-order valence-electron chi connectivity index (χ0n) is 13.0. The topological polar surface area (TPSA) is 46.0 Å². The van der Waals surface area contributed by atoms with Crippen LogP contribution in [0.15, 0.2) is 48.8 Å². The van der Waals surface area contributed by atoms with Gasteiger partial charge in [-0.3, -0.25) is 4.98 Å².